The van der Waals surface area contributed by atoms with E-state index in [0.29, 0.717) is 28.9 Å². The van der Waals surface area contributed by atoms with E-state index in [1.807, 2.05) is 83.3 Å². The van der Waals surface area contributed by atoms with Crippen LogP contribution in [0, 0.1) is 0 Å². The Morgan fingerprint density at radius 2 is 1.78 bits per heavy atom. The highest BCUT2D eigenvalue weighted by Gasteiger charge is 2.32. The van der Waals surface area contributed by atoms with Crippen LogP contribution in [0.5, 0.6) is 0 Å². The summed E-state index contributed by atoms with van der Waals surface area (Å²) in [6.45, 7) is 11.4. The van der Waals surface area contributed by atoms with Gasteiger partial charge in [-0.2, -0.15) is 4.90 Å². The first-order valence-corrected chi connectivity index (χ1v) is 11.8. The smallest absolute Gasteiger partial charge is 0.423 e. The lowest BCUT2D eigenvalue weighted by atomic mass is 9.93. The van der Waals surface area contributed by atoms with Gasteiger partial charge in [-0.15, -0.1) is 0 Å². The van der Waals surface area contributed by atoms with Gasteiger partial charge in [0.1, 0.15) is 17.2 Å². The summed E-state index contributed by atoms with van der Waals surface area (Å²) in [4.78, 5) is 29.6. The molecule has 0 fully saturated rings. The quantitative estimate of drug-likeness (QED) is 0.301. The number of hydrogen-bond donors (Lipinski definition) is 0. The monoisotopic (exact) mass is 511 g/mol. The van der Waals surface area contributed by atoms with E-state index in [9.17, 15) is 4.79 Å². The molecule has 0 aliphatic carbocycles. The van der Waals surface area contributed by atoms with Gasteiger partial charge in [-0.3, -0.25) is 0 Å². The summed E-state index contributed by atoms with van der Waals surface area (Å²) in [5, 5.41) is 4.34. The lowest BCUT2D eigenvalue weighted by Crippen LogP contribution is -2.35. The van der Waals surface area contributed by atoms with Gasteiger partial charge >= 0.3 is 6.09 Å². The molecule has 0 spiro atoms. The summed E-state index contributed by atoms with van der Waals surface area (Å²) >= 11 is 5.97. The Kier molecular flexibility index (Phi) is 6.42. The molecule has 190 valence electrons. The topological polar surface area (TPSA) is 102 Å². The lowest BCUT2D eigenvalue weighted by molar-refractivity contribution is 0.0594. The molecule has 0 saturated heterocycles. The fourth-order valence-corrected chi connectivity index (χ4v) is 3.68. The number of anilines is 4. The zero-order valence-electron chi connectivity index (χ0n) is 21.7. The van der Waals surface area contributed by atoms with Crippen molar-refractivity contribution in [2.75, 3.05) is 16.8 Å². The van der Waals surface area contributed by atoms with Crippen LogP contribution in [0.4, 0.5) is 28.1 Å². The van der Waals surface area contributed by atoms with Crippen LogP contribution in [-0.4, -0.2) is 43.4 Å². The first kappa shape index (κ1) is 25.4. The second kappa shape index (κ2) is 9.09. The van der Waals surface area contributed by atoms with Gasteiger partial charge in [-0.05, 0) is 56.6 Å². The number of fused-ring (bicyclic) bond motifs is 1. The molecule has 0 aliphatic heterocycles. The summed E-state index contributed by atoms with van der Waals surface area (Å²) in [7, 11) is 3.71. The van der Waals surface area contributed by atoms with Gasteiger partial charge in [0, 0.05) is 37.5 Å². The number of nitrogens with zero attached hydrogens (tertiary/aromatic N) is 7. The molecule has 11 heteroatoms. The van der Waals surface area contributed by atoms with E-state index >= 15 is 0 Å². The van der Waals surface area contributed by atoms with Crippen LogP contribution < -0.4 is 9.80 Å². The number of aromatic nitrogens is 5. The second-order valence-electron chi connectivity index (χ2n) is 10.5. The molecule has 0 saturated carbocycles. The largest absolute Gasteiger partial charge is 0.443 e. The Bertz CT molecular complexity index is 1420. The van der Waals surface area contributed by atoms with Gasteiger partial charge in [-0.25, -0.2) is 19.7 Å². The van der Waals surface area contributed by atoms with Crippen molar-refractivity contribution in [3.05, 3.63) is 47.6 Å². The number of amides is 1. The number of benzene rings is 1. The van der Waals surface area contributed by atoms with Crippen LogP contribution in [0.15, 0.2) is 41.1 Å². The van der Waals surface area contributed by atoms with Crippen molar-refractivity contribution in [1.82, 2.24) is 24.7 Å². The predicted octanol–water partition coefficient (Wildman–Crippen LogP) is 6.14. The number of carbonyl (C=O) groups is 1. The summed E-state index contributed by atoms with van der Waals surface area (Å²) < 4.78 is 13.1. The van der Waals surface area contributed by atoms with Crippen molar-refractivity contribution in [2.45, 2.75) is 52.6 Å². The summed E-state index contributed by atoms with van der Waals surface area (Å²) in [5.41, 5.74) is 1.31. The van der Waals surface area contributed by atoms with E-state index in [4.69, 9.17) is 25.8 Å². The van der Waals surface area contributed by atoms with Gasteiger partial charge < -0.3 is 18.7 Å². The van der Waals surface area contributed by atoms with Crippen LogP contribution in [0.3, 0.4) is 0 Å². The van der Waals surface area contributed by atoms with Gasteiger partial charge in [0.25, 0.3) is 0 Å². The third kappa shape index (κ3) is 5.13. The average molecular weight is 512 g/mol. The molecule has 3 heterocycles. The van der Waals surface area contributed by atoms with Crippen molar-refractivity contribution in [1.29, 1.82) is 0 Å². The Morgan fingerprint density at radius 1 is 1.06 bits per heavy atom. The molecule has 0 aliphatic rings. The van der Waals surface area contributed by atoms with E-state index < -0.39 is 11.7 Å². The highest BCUT2D eigenvalue weighted by Crippen LogP contribution is 2.34. The van der Waals surface area contributed by atoms with Crippen molar-refractivity contribution in [3.8, 4) is 0 Å². The molecule has 36 heavy (non-hydrogen) atoms. The molecule has 0 atom stereocenters. The standard InChI is InChI=1S/C25H30ClN7O3/c1-24(2,3)18-14-20(30-36-18)33(23(34)35-25(4,5)6)22-28-16-13-15(9-10-17(16)32(22)8)31(7)19-11-12-27-21(26)29-19/h9-14H,1-8H3. The molecule has 0 radical (unpaired) electrons. The van der Waals surface area contributed by atoms with Crippen LogP contribution >= 0.6 is 11.6 Å². The molecule has 10 nitrogen and oxygen atoms in total. The second-order valence-corrected chi connectivity index (χ2v) is 10.8. The van der Waals surface area contributed by atoms with Gasteiger partial charge in [0.2, 0.25) is 11.2 Å². The third-order valence-electron chi connectivity index (χ3n) is 5.43. The number of ether oxygens (including phenoxy) is 1. The normalized spacial score (nSPS) is 12.1. The maximum atomic E-state index is 13.4. The molecule has 4 aromatic rings. The fraction of sp³-hybridized carbons (Fsp3) is 0.400. The van der Waals surface area contributed by atoms with Gasteiger partial charge in [-0.1, -0.05) is 25.9 Å². The summed E-state index contributed by atoms with van der Waals surface area (Å²) in [5.74, 6) is 1.91. The first-order chi connectivity index (χ1) is 16.7. The van der Waals surface area contributed by atoms with E-state index in [-0.39, 0.29) is 10.7 Å². The lowest BCUT2D eigenvalue weighted by Gasteiger charge is -2.25. The zero-order valence-corrected chi connectivity index (χ0v) is 22.5. The van der Waals surface area contributed by atoms with Crippen molar-refractivity contribution in [3.63, 3.8) is 0 Å². The van der Waals surface area contributed by atoms with Crippen molar-refractivity contribution < 1.29 is 14.1 Å². The maximum absolute atomic E-state index is 13.4. The Balaban J connectivity index is 1.80. The fourth-order valence-electron chi connectivity index (χ4n) is 3.54. The Hall–Kier alpha value is -3.66. The number of imidazole rings is 1. The summed E-state index contributed by atoms with van der Waals surface area (Å²) in [6.07, 6.45) is 0.990. The first-order valence-electron chi connectivity index (χ1n) is 11.4. The Labute approximate surface area is 214 Å². The van der Waals surface area contributed by atoms with E-state index in [1.54, 1.807) is 18.3 Å². The van der Waals surface area contributed by atoms with Crippen LogP contribution in [-0.2, 0) is 17.2 Å². The van der Waals surface area contributed by atoms with E-state index in [0.717, 1.165) is 11.2 Å². The molecule has 1 aromatic carbocycles. The van der Waals surface area contributed by atoms with Crippen molar-refractivity contribution >= 4 is 52.0 Å². The number of hydrogen-bond acceptors (Lipinski definition) is 8. The molecule has 0 unspecified atom stereocenters. The van der Waals surface area contributed by atoms with Gasteiger partial charge in [0.15, 0.2) is 5.82 Å². The molecule has 4 rings (SSSR count). The zero-order chi connectivity index (χ0) is 26.4. The number of rotatable bonds is 4. The third-order valence-corrected chi connectivity index (χ3v) is 5.61. The van der Waals surface area contributed by atoms with Crippen LogP contribution in [0.1, 0.15) is 47.3 Å². The maximum Gasteiger partial charge on any atom is 0.423 e. The molecular weight excluding hydrogens is 482 g/mol. The Morgan fingerprint density at radius 3 is 2.39 bits per heavy atom. The SMILES string of the molecule is CN(c1ccc2c(c1)nc(N(C(=O)OC(C)(C)C)c1cc(C(C)(C)C)on1)n2C)c1ccnc(Cl)n1. The highest BCUT2D eigenvalue weighted by molar-refractivity contribution is 6.28. The predicted molar refractivity (Wildman–Crippen MR) is 139 cm³/mol. The van der Waals surface area contributed by atoms with E-state index in [1.165, 1.54) is 4.90 Å². The molecule has 0 N–H and O–H groups in total. The minimum Gasteiger partial charge on any atom is -0.443 e. The van der Waals surface area contributed by atoms with Crippen LogP contribution in [0.2, 0.25) is 5.28 Å². The molecule has 0 bridgehead atoms. The highest BCUT2D eigenvalue weighted by atomic mass is 35.5. The number of halogens is 1. The minimum atomic E-state index is -0.717. The van der Waals surface area contributed by atoms with Gasteiger partial charge in [0.05, 0.1) is 11.0 Å². The summed E-state index contributed by atoms with van der Waals surface area (Å²) in [6, 6.07) is 9.28. The minimum absolute atomic E-state index is 0.163. The molecule has 1 amide bonds. The van der Waals surface area contributed by atoms with Crippen LogP contribution in [0.25, 0.3) is 11.0 Å². The number of carbonyl (C=O) groups excluding carboxylic acids is 1. The molecular formula is C25H30ClN7O3. The average Bonchev–Trinajstić information content (AvgIpc) is 3.38. The van der Waals surface area contributed by atoms with Crippen molar-refractivity contribution in [2.24, 2.45) is 7.05 Å². The van der Waals surface area contributed by atoms with E-state index in [2.05, 4.69) is 15.1 Å². The molecule has 3 aromatic heterocycles. The number of aryl methyl sites for hydroxylation is 1.